The molecule has 26 heavy (non-hydrogen) atoms. The Hall–Kier alpha value is -0.810. The van der Waals surface area contributed by atoms with Gasteiger partial charge in [-0.1, -0.05) is 30.3 Å². The third-order valence-electron chi connectivity index (χ3n) is 5.61. The second-order valence-corrected chi connectivity index (χ2v) is 7.52. The fourth-order valence-electron chi connectivity index (χ4n) is 4.23. The lowest BCUT2D eigenvalue weighted by Crippen LogP contribution is -2.39. The second kappa shape index (κ2) is 11.1. The first-order chi connectivity index (χ1) is 11.7. The molecule has 1 aliphatic carbocycles. The van der Waals surface area contributed by atoms with E-state index in [0.717, 1.165) is 52.0 Å². The van der Waals surface area contributed by atoms with Gasteiger partial charge in [0.1, 0.15) is 0 Å². The van der Waals surface area contributed by atoms with Crippen LogP contribution in [-0.2, 0) is 11.3 Å². The highest BCUT2D eigenvalue weighted by molar-refractivity contribution is 5.85. The van der Waals surface area contributed by atoms with E-state index in [-0.39, 0.29) is 36.8 Å². The van der Waals surface area contributed by atoms with E-state index in [1.807, 2.05) is 0 Å². The number of nitrogens with two attached hydrogens (primary N) is 1. The Morgan fingerprint density at radius 2 is 1.92 bits per heavy atom. The van der Waals surface area contributed by atoms with Crippen LogP contribution < -0.4 is 5.73 Å². The Morgan fingerprint density at radius 3 is 2.54 bits per heavy atom. The van der Waals surface area contributed by atoms with E-state index in [9.17, 15) is 4.79 Å². The summed E-state index contributed by atoms with van der Waals surface area (Å²) >= 11 is 0. The van der Waals surface area contributed by atoms with Gasteiger partial charge in [-0.2, -0.15) is 0 Å². The summed E-state index contributed by atoms with van der Waals surface area (Å²) in [6.07, 6.45) is 4.05. The minimum atomic E-state index is 0. The molecule has 1 heterocycles. The van der Waals surface area contributed by atoms with Gasteiger partial charge in [0.25, 0.3) is 0 Å². The Bertz CT molecular complexity index is 543. The van der Waals surface area contributed by atoms with Gasteiger partial charge in [-0.15, -0.1) is 24.8 Å². The quantitative estimate of drug-likeness (QED) is 0.794. The van der Waals surface area contributed by atoms with Crippen LogP contribution in [0.25, 0.3) is 0 Å². The molecule has 3 atom stereocenters. The summed E-state index contributed by atoms with van der Waals surface area (Å²) in [7, 11) is 0. The third-order valence-corrected chi connectivity index (χ3v) is 5.61. The first-order valence-electron chi connectivity index (χ1n) is 9.46. The Labute approximate surface area is 170 Å². The van der Waals surface area contributed by atoms with Gasteiger partial charge >= 0.3 is 0 Å². The molecule has 0 radical (unpaired) electrons. The van der Waals surface area contributed by atoms with E-state index < -0.39 is 0 Å². The van der Waals surface area contributed by atoms with Crippen molar-refractivity contribution in [3.8, 4) is 0 Å². The van der Waals surface area contributed by atoms with Gasteiger partial charge in [0.05, 0.1) is 0 Å². The first kappa shape index (κ1) is 23.2. The van der Waals surface area contributed by atoms with Crippen molar-refractivity contribution < 1.29 is 4.79 Å². The molecule has 0 bridgehead atoms. The molecule has 2 aliphatic rings. The van der Waals surface area contributed by atoms with Gasteiger partial charge in [0.2, 0.25) is 5.91 Å². The number of nitrogens with zero attached hydrogens (tertiary/aromatic N) is 2. The van der Waals surface area contributed by atoms with Crippen LogP contribution in [0.2, 0.25) is 0 Å². The number of carbonyl (C=O) groups is 1. The molecule has 1 aliphatic heterocycles. The molecule has 4 nitrogen and oxygen atoms in total. The lowest BCUT2D eigenvalue weighted by Gasteiger charge is -2.27. The van der Waals surface area contributed by atoms with E-state index >= 15 is 0 Å². The summed E-state index contributed by atoms with van der Waals surface area (Å²) in [5, 5.41) is 0. The summed E-state index contributed by atoms with van der Waals surface area (Å²) in [6.45, 7) is 7.09. The smallest absolute Gasteiger partial charge is 0.225 e. The van der Waals surface area contributed by atoms with Crippen LogP contribution in [0.5, 0.6) is 0 Å². The zero-order valence-corrected chi connectivity index (χ0v) is 17.3. The highest BCUT2D eigenvalue weighted by atomic mass is 35.5. The fraction of sp³-hybridized carbons (Fsp3) is 0.650. The molecule has 3 rings (SSSR count). The van der Waals surface area contributed by atoms with Crippen molar-refractivity contribution in [3.63, 3.8) is 0 Å². The molecular weight excluding hydrogens is 369 g/mol. The Balaban J connectivity index is 0.00000169. The number of hydrogen-bond donors (Lipinski definition) is 1. The minimum Gasteiger partial charge on any atom is -0.342 e. The molecule has 2 fully saturated rings. The highest BCUT2D eigenvalue weighted by Gasteiger charge is 2.32. The van der Waals surface area contributed by atoms with Crippen molar-refractivity contribution in [1.82, 2.24) is 9.80 Å². The number of likely N-dealkylation sites (tertiary alicyclic amines) is 1. The van der Waals surface area contributed by atoms with E-state index in [4.69, 9.17) is 5.73 Å². The number of rotatable bonds is 6. The molecule has 148 valence electrons. The number of benzene rings is 1. The van der Waals surface area contributed by atoms with Crippen LogP contribution in [0.15, 0.2) is 30.3 Å². The average Bonchev–Trinajstić information content (AvgIpc) is 3.22. The van der Waals surface area contributed by atoms with Crippen LogP contribution in [0.1, 0.15) is 38.2 Å². The summed E-state index contributed by atoms with van der Waals surface area (Å²) in [6, 6.07) is 10.9. The van der Waals surface area contributed by atoms with Gasteiger partial charge in [0.15, 0.2) is 0 Å². The molecule has 1 aromatic rings. The molecule has 3 unspecified atom stereocenters. The Kier molecular flexibility index (Phi) is 9.94. The number of hydrogen-bond acceptors (Lipinski definition) is 3. The lowest BCUT2D eigenvalue weighted by molar-refractivity contribution is -0.135. The number of halogens is 2. The van der Waals surface area contributed by atoms with Crippen molar-refractivity contribution in [3.05, 3.63) is 35.9 Å². The van der Waals surface area contributed by atoms with Gasteiger partial charge < -0.3 is 10.6 Å². The van der Waals surface area contributed by atoms with E-state index in [1.54, 1.807) is 0 Å². The number of carbonyl (C=O) groups excluding carboxylic acids is 1. The molecule has 0 aromatic heterocycles. The van der Waals surface area contributed by atoms with Gasteiger partial charge in [-0.3, -0.25) is 9.69 Å². The molecule has 1 aromatic carbocycles. The third kappa shape index (κ3) is 6.12. The van der Waals surface area contributed by atoms with Crippen molar-refractivity contribution in [1.29, 1.82) is 0 Å². The predicted molar refractivity (Wildman–Crippen MR) is 112 cm³/mol. The largest absolute Gasteiger partial charge is 0.342 e. The SMILES string of the molecule is CCN(CC1CCN(Cc2ccccc2)C1)C(=O)C1CCC(N)C1.Cl.Cl. The van der Waals surface area contributed by atoms with Gasteiger partial charge in [0, 0.05) is 38.1 Å². The first-order valence-corrected chi connectivity index (χ1v) is 9.46. The summed E-state index contributed by atoms with van der Waals surface area (Å²) in [4.78, 5) is 17.3. The van der Waals surface area contributed by atoms with Crippen LogP contribution in [-0.4, -0.2) is 47.9 Å². The minimum absolute atomic E-state index is 0. The maximum Gasteiger partial charge on any atom is 0.225 e. The Morgan fingerprint density at radius 1 is 1.19 bits per heavy atom. The highest BCUT2D eigenvalue weighted by Crippen LogP contribution is 2.27. The standard InChI is InChI=1S/C20H31N3O.2ClH/c1-2-23(20(24)18-8-9-19(21)12-18)15-17-10-11-22(14-17)13-16-6-4-3-5-7-16;;/h3-7,17-19H,2,8-15,21H2,1H3;2*1H. The maximum atomic E-state index is 12.7. The zero-order chi connectivity index (χ0) is 16.9. The molecule has 6 heteroatoms. The zero-order valence-electron chi connectivity index (χ0n) is 15.7. The van der Waals surface area contributed by atoms with Gasteiger partial charge in [-0.25, -0.2) is 0 Å². The summed E-state index contributed by atoms with van der Waals surface area (Å²) in [5.41, 5.74) is 7.36. The normalized spacial score (nSPS) is 25.4. The van der Waals surface area contributed by atoms with Crippen molar-refractivity contribution in [2.24, 2.45) is 17.6 Å². The van der Waals surface area contributed by atoms with Crippen molar-refractivity contribution >= 4 is 30.7 Å². The van der Waals surface area contributed by atoms with Gasteiger partial charge in [-0.05, 0) is 50.6 Å². The van der Waals surface area contributed by atoms with Crippen molar-refractivity contribution in [2.75, 3.05) is 26.2 Å². The van der Waals surface area contributed by atoms with E-state index in [1.165, 1.54) is 12.0 Å². The topological polar surface area (TPSA) is 49.6 Å². The van der Waals surface area contributed by atoms with E-state index in [2.05, 4.69) is 47.1 Å². The van der Waals surface area contributed by atoms with Crippen LogP contribution >= 0.6 is 24.8 Å². The number of amides is 1. The molecule has 0 spiro atoms. The summed E-state index contributed by atoms with van der Waals surface area (Å²) < 4.78 is 0. The molecular formula is C20H33Cl2N3O. The average molecular weight is 402 g/mol. The second-order valence-electron chi connectivity index (χ2n) is 7.52. The molecule has 1 amide bonds. The van der Waals surface area contributed by atoms with Crippen LogP contribution in [0, 0.1) is 11.8 Å². The van der Waals surface area contributed by atoms with E-state index in [0.29, 0.717) is 11.8 Å². The monoisotopic (exact) mass is 401 g/mol. The summed E-state index contributed by atoms with van der Waals surface area (Å²) in [5.74, 6) is 1.11. The molecule has 1 saturated heterocycles. The predicted octanol–water partition coefficient (Wildman–Crippen LogP) is 3.33. The maximum absolute atomic E-state index is 12.7. The molecule has 2 N–H and O–H groups in total. The van der Waals surface area contributed by atoms with Crippen LogP contribution in [0.3, 0.4) is 0 Å². The molecule has 1 saturated carbocycles. The van der Waals surface area contributed by atoms with Crippen molar-refractivity contribution in [2.45, 2.75) is 45.2 Å². The lowest BCUT2D eigenvalue weighted by atomic mass is 10.0. The fourth-order valence-corrected chi connectivity index (χ4v) is 4.23. The van der Waals surface area contributed by atoms with Crippen LogP contribution in [0.4, 0.5) is 0 Å².